The highest BCUT2D eigenvalue weighted by Gasteiger charge is 2.29. The molecule has 9 nitrogen and oxygen atoms in total. The van der Waals surface area contributed by atoms with Crippen molar-refractivity contribution in [2.75, 3.05) is 11.9 Å². The zero-order valence-electron chi connectivity index (χ0n) is 20.3. The Kier molecular flexibility index (Phi) is 6.53. The number of aromatic nitrogens is 3. The van der Waals surface area contributed by atoms with Crippen molar-refractivity contribution in [1.29, 1.82) is 0 Å². The van der Waals surface area contributed by atoms with Gasteiger partial charge in [0.25, 0.3) is 5.91 Å². The third-order valence-corrected chi connectivity index (χ3v) is 8.04. The monoisotopic (exact) mass is 539 g/mol. The normalized spacial score (nSPS) is 14.2. The van der Waals surface area contributed by atoms with Crippen molar-refractivity contribution in [2.24, 2.45) is 0 Å². The first kappa shape index (κ1) is 25.3. The maximum Gasteiger partial charge on any atom is 0.261 e. The molecular weight excluding hydrogens is 514 g/mol. The molecule has 11 heteroatoms. The molecule has 2 aromatic carbocycles. The molecule has 5 rings (SSSR count). The molecule has 0 aliphatic heterocycles. The number of hydrogen-bond donors (Lipinski definition) is 3. The van der Waals surface area contributed by atoms with Crippen LogP contribution in [0.3, 0.4) is 0 Å². The van der Waals surface area contributed by atoms with Gasteiger partial charge in [-0.15, -0.1) is 0 Å². The highest BCUT2D eigenvalue weighted by molar-refractivity contribution is 7.89. The van der Waals surface area contributed by atoms with E-state index in [-0.39, 0.29) is 17.1 Å². The average molecular weight is 540 g/mol. The topological polar surface area (TPSA) is 126 Å². The third kappa shape index (κ3) is 5.37. The highest BCUT2D eigenvalue weighted by atomic mass is 35.5. The minimum absolute atomic E-state index is 0.0362. The van der Waals surface area contributed by atoms with Crippen LogP contribution in [0.2, 0.25) is 5.02 Å². The maximum absolute atomic E-state index is 13.3. The number of carbonyl (C=O) groups is 1. The van der Waals surface area contributed by atoms with Crippen LogP contribution in [0.1, 0.15) is 48.7 Å². The fourth-order valence-corrected chi connectivity index (χ4v) is 5.55. The fourth-order valence-electron chi connectivity index (χ4n) is 3.98. The van der Waals surface area contributed by atoms with Gasteiger partial charge in [-0.25, -0.2) is 22.6 Å². The van der Waals surface area contributed by atoms with Gasteiger partial charge in [0.2, 0.25) is 10.0 Å². The van der Waals surface area contributed by atoms with E-state index < -0.39 is 21.5 Å². The smallest absolute Gasteiger partial charge is 0.261 e. The molecule has 0 bridgehead atoms. The summed E-state index contributed by atoms with van der Waals surface area (Å²) in [7, 11) is -3.92. The van der Waals surface area contributed by atoms with E-state index in [0.29, 0.717) is 28.0 Å². The molecule has 0 saturated heterocycles. The summed E-state index contributed by atoms with van der Waals surface area (Å²) in [6, 6.07) is 15.3. The van der Waals surface area contributed by atoms with Crippen molar-refractivity contribution in [1.82, 2.24) is 19.3 Å². The van der Waals surface area contributed by atoms with Gasteiger partial charge in [0.05, 0.1) is 28.9 Å². The standard InChI is InChI=1S/C26H26ClN5O4S/c1-26(2,15-33)31-37(35,36)20-5-3-4-19(12-20)29-25(34)21-14-28-32-23(17-6-7-17)13-22(30-24(21)32)16-8-10-18(27)11-9-16/h3-5,8-14,17,31,33H,6-7,15H2,1-2H3,(H,29,34). The maximum atomic E-state index is 13.3. The van der Waals surface area contributed by atoms with Gasteiger partial charge in [-0.05, 0) is 63.1 Å². The van der Waals surface area contributed by atoms with Gasteiger partial charge >= 0.3 is 0 Å². The number of anilines is 1. The molecule has 0 unspecified atom stereocenters. The third-order valence-electron chi connectivity index (χ3n) is 6.09. The number of carbonyl (C=O) groups excluding carboxylic acids is 1. The van der Waals surface area contributed by atoms with Gasteiger partial charge in [0, 0.05) is 27.9 Å². The van der Waals surface area contributed by atoms with Gasteiger partial charge in [-0.1, -0.05) is 29.8 Å². The zero-order valence-corrected chi connectivity index (χ0v) is 21.8. The Labute approximate surface area is 219 Å². The number of rotatable bonds is 8. The number of sulfonamides is 1. The summed E-state index contributed by atoms with van der Waals surface area (Å²) >= 11 is 6.05. The molecule has 37 heavy (non-hydrogen) atoms. The van der Waals surface area contributed by atoms with Crippen LogP contribution < -0.4 is 10.0 Å². The molecule has 1 saturated carbocycles. The molecule has 1 aliphatic rings. The number of benzene rings is 2. The Morgan fingerprint density at radius 1 is 1.16 bits per heavy atom. The van der Waals surface area contributed by atoms with E-state index in [1.807, 2.05) is 18.2 Å². The lowest BCUT2D eigenvalue weighted by molar-refractivity contribution is 0.102. The molecule has 0 spiro atoms. The average Bonchev–Trinajstić information content (AvgIpc) is 3.62. The van der Waals surface area contributed by atoms with Gasteiger partial charge in [0.15, 0.2) is 5.65 Å². The van der Waals surface area contributed by atoms with Crippen molar-refractivity contribution in [3.8, 4) is 11.3 Å². The van der Waals surface area contributed by atoms with Crippen molar-refractivity contribution in [2.45, 2.75) is 43.0 Å². The summed E-state index contributed by atoms with van der Waals surface area (Å²) < 4.78 is 29.7. The number of aliphatic hydroxyl groups excluding tert-OH is 1. The van der Waals surface area contributed by atoms with E-state index in [2.05, 4.69) is 15.1 Å². The second-order valence-electron chi connectivity index (χ2n) is 9.77. The van der Waals surface area contributed by atoms with Crippen LogP contribution in [0.15, 0.2) is 65.7 Å². The van der Waals surface area contributed by atoms with E-state index >= 15 is 0 Å². The van der Waals surface area contributed by atoms with Crippen LogP contribution in [-0.4, -0.2) is 46.2 Å². The summed E-state index contributed by atoms with van der Waals surface area (Å²) in [5.74, 6) is -0.111. The van der Waals surface area contributed by atoms with Crippen LogP contribution >= 0.6 is 11.6 Å². The van der Waals surface area contributed by atoms with E-state index in [1.54, 1.807) is 36.6 Å². The predicted molar refractivity (Wildman–Crippen MR) is 141 cm³/mol. The van der Waals surface area contributed by atoms with Crippen LogP contribution in [0, 0.1) is 0 Å². The molecule has 0 radical (unpaired) electrons. The predicted octanol–water partition coefficient (Wildman–Crippen LogP) is 4.23. The summed E-state index contributed by atoms with van der Waals surface area (Å²) in [5.41, 5.74) is 2.52. The summed E-state index contributed by atoms with van der Waals surface area (Å²) in [6.45, 7) is 2.77. The number of halogens is 1. The summed E-state index contributed by atoms with van der Waals surface area (Å²) in [5, 5.41) is 17.3. The molecule has 2 heterocycles. The molecule has 3 N–H and O–H groups in total. The van der Waals surface area contributed by atoms with Gasteiger partial charge in [-0.2, -0.15) is 5.10 Å². The first-order valence-electron chi connectivity index (χ1n) is 11.8. The van der Waals surface area contributed by atoms with E-state index in [0.717, 1.165) is 24.1 Å². The second-order valence-corrected chi connectivity index (χ2v) is 11.9. The summed E-state index contributed by atoms with van der Waals surface area (Å²) in [4.78, 5) is 18.0. The number of nitrogens with zero attached hydrogens (tertiary/aromatic N) is 3. The SMILES string of the molecule is CC(C)(CO)NS(=O)(=O)c1cccc(NC(=O)c2cnn3c(C4CC4)cc(-c4ccc(Cl)cc4)nc23)c1. The Morgan fingerprint density at radius 2 is 1.89 bits per heavy atom. The van der Waals surface area contributed by atoms with Crippen LogP contribution in [0.25, 0.3) is 16.9 Å². The molecule has 2 aromatic heterocycles. The largest absolute Gasteiger partial charge is 0.394 e. The Hall–Kier alpha value is -3.31. The number of aliphatic hydroxyl groups is 1. The highest BCUT2D eigenvalue weighted by Crippen LogP contribution is 2.41. The number of fused-ring (bicyclic) bond motifs is 1. The minimum Gasteiger partial charge on any atom is -0.394 e. The quantitative estimate of drug-likeness (QED) is 0.308. The zero-order chi connectivity index (χ0) is 26.4. The minimum atomic E-state index is -3.92. The number of hydrogen-bond acceptors (Lipinski definition) is 6. The first-order valence-corrected chi connectivity index (χ1v) is 13.6. The van der Waals surface area contributed by atoms with Crippen molar-refractivity contribution < 1.29 is 18.3 Å². The van der Waals surface area contributed by atoms with Crippen molar-refractivity contribution in [3.05, 3.63) is 77.1 Å². The van der Waals surface area contributed by atoms with Crippen molar-refractivity contribution >= 4 is 38.9 Å². The summed E-state index contributed by atoms with van der Waals surface area (Å²) in [6.07, 6.45) is 3.56. The van der Waals surface area contributed by atoms with E-state index in [4.69, 9.17) is 16.6 Å². The Bertz CT molecular complexity index is 1600. The Balaban J connectivity index is 1.48. The molecule has 1 fully saturated rings. The number of nitrogens with one attached hydrogen (secondary N) is 2. The lowest BCUT2D eigenvalue weighted by atomic mass is 10.1. The first-order chi connectivity index (χ1) is 17.6. The molecule has 192 valence electrons. The van der Waals surface area contributed by atoms with Gasteiger partial charge < -0.3 is 10.4 Å². The molecule has 1 amide bonds. The molecule has 0 atom stereocenters. The van der Waals surface area contributed by atoms with Gasteiger partial charge in [0.1, 0.15) is 5.56 Å². The van der Waals surface area contributed by atoms with Gasteiger partial charge in [-0.3, -0.25) is 4.79 Å². The second kappa shape index (κ2) is 9.53. The molecule has 1 aliphatic carbocycles. The van der Waals surface area contributed by atoms with Crippen LogP contribution in [-0.2, 0) is 10.0 Å². The lowest BCUT2D eigenvalue weighted by Crippen LogP contribution is -2.46. The fraction of sp³-hybridized carbons (Fsp3) is 0.269. The number of amides is 1. The molecular formula is C26H26ClN5O4S. The van der Waals surface area contributed by atoms with Crippen molar-refractivity contribution in [3.63, 3.8) is 0 Å². The lowest BCUT2D eigenvalue weighted by Gasteiger charge is -2.23. The van der Waals surface area contributed by atoms with E-state index in [1.165, 1.54) is 24.4 Å². The Morgan fingerprint density at radius 3 is 2.57 bits per heavy atom. The van der Waals surface area contributed by atoms with Crippen LogP contribution in [0.5, 0.6) is 0 Å². The van der Waals surface area contributed by atoms with Crippen LogP contribution in [0.4, 0.5) is 5.69 Å². The van der Waals surface area contributed by atoms with E-state index in [9.17, 15) is 18.3 Å². The molecule has 4 aromatic rings.